The fourth-order valence-electron chi connectivity index (χ4n) is 3.94. The molecule has 1 amide bonds. The van der Waals surface area contributed by atoms with E-state index in [1.165, 1.54) is 5.56 Å². The standard InChI is InChI=1S/C21H21N7O/c1-15-13-26(21(29)17-12-19-22-10-5-11-27(19)25-17)14-20-24-23-18(28(15)20)9-8-16-6-3-2-4-7-16/h2-7,10-12,15H,8-9,13-14H2,1H3/t15-/m0/s1. The summed E-state index contributed by atoms with van der Waals surface area (Å²) in [4.78, 5) is 19.0. The number of hydrogen-bond acceptors (Lipinski definition) is 5. The molecule has 0 N–H and O–H groups in total. The second kappa shape index (κ2) is 7.12. The molecule has 0 bridgehead atoms. The first-order valence-electron chi connectivity index (χ1n) is 9.75. The lowest BCUT2D eigenvalue weighted by Gasteiger charge is -2.32. The molecule has 29 heavy (non-hydrogen) atoms. The van der Waals surface area contributed by atoms with E-state index in [9.17, 15) is 4.79 Å². The van der Waals surface area contributed by atoms with E-state index in [0.29, 0.717) is 24.4 Å². The third-order valence-corrected chi connectivity index (χ3v) is 5.32. The van der Waals surface area contributed by atoms with Gasteiger partial charge in [0.25, 0.3) is 5.91 Å². The number of amides is 1. The van der Waals surface area contributed by atoms with Gasteiger partial charge in [0, 0.05) is 31.4 Å². The van der Waals surface area contributed by atoms with Crippen LogP contribution in [-0.2, 0) is 19.4 Å². The highest BCUT2D eigenvalue weighted by Crippen LogP contribution is 2.23. The average molecular weight is 387 g/mol. The Morgan fingerprint density at radius 2 is 2.00 bits per heavy atom. The number of aromatic nitrogens is 6. The normalized spacial score (nSPS) is 16.2. The summed E-state index contributed by atoms with van der Waals surface area (Å²) in [5, 5.41) is 13.1. The predicted octanol–water partition coefficient (Wildman–Crippen LogP) is 2.32. The summed E-state index contributed by atoms with van der Waals surface area (Å²) in [6.07, 6.45) is 5.22. The van der Waals surface area contributed by atoms with E-state index in [-0.39, 0.29) is 11.9 Å². The van der Waals surface area contributed by atoms with E-state index in [4.69, 9.17) is 0 Å². The van der Waals surface area contributed by atoms with Gasteiger partial charge in [-0.25, -0.2) is 9.50 Å². The summed E-state index contributed by atoms with van der Waals surface area (Å²) in [6.45, 7) is 3.13. The number of carbonyl (C=O) groups excluding carboxylic acids is 1. The quantitative estimate of drug-likeness (QED) is 0.537. The van der Waals surface area contributed by atoms with Gasteiger partial charge in [-0.2, -0.15) is 5.10 Å². The SMILES string of the molecule is C[C@H]1CN(C(=O)c2cc3ncccn3n2)Cc2nnc(CCc3ccccc3)n21. The molecule has 1 aliphatic rings. The third kappa shape index (κ3) is 3.26. The van der Waals surface area contributed by atoms with Crippen LogP contribution < -0.4 is 0 Å². The van der Waals surface area contributed by atoms with E-state index in [1.807, 2.05) is 6.07 Å². The van der Waals surface area contributed by atoms with Crippen LogP contribution >= 0.6 is 0 Å². The zero-order valence-corrected chi connectivity index (χ0v) is 16.1. The minimum atomic E-state index is -0.109. The molecule has 0 spiro atoms. The molecular formula is C21H21N7O. The van der Waals surface area contributed by atoms with Gasteiger partial charge in [0.15, 0.2) is 17.2 Å². The van der Waals surface area contributed by atoms with Gasteiger partial charge >= 0.3 is 0 Å². The summed E-state index contributed by atoms with van der Waals surface area (Å²) in [6, 6.07) is 14.0. The molecule has 8 nitrogen and oxygen atoms in total. The maximum Gasteiger partial charge on any atom is 0.274 e. The molecular weight excluding hydrogens is 366 g/mol. The van der Waals surface area contributed by atoms with Gasteiger partial charge in [0.2, 0.25) is 0 Å². The summed E-state index contributed by atoms with van der Waals surface area (Å²) in [5.74, 6) is 1.69. The molecule has 4 heterocycles. The number of rotatable bonds is 4. The Labute approximate surface area is 167 Å². The first-order chi connectivity index (χ1) is 14.2. The molecule has 1 atom stereocenters. The molecule has 3 aromatic heterocycles. The molecule has 0 radical (unpaired) electrons. The predicted molar refractivity (Wildman–Crippen MR) is 106 cm³/mol. The molecule has 5 rings (SSSR count). The Hall–Kier alpha value is -3.55. The molecule has 1 aliphatic heterocycles. The summed E-state index contributed by atoms with van der Waals surface area (Å²) in [5.41, 5.74) is 2.34. The van der Waals surface area contributed by atoms with Crippen molar-refractivity contribution in [3.8, 4) is 0 Å². The maximum atomic E-state index is 13.0. The van der Waals surface area contributed by atoms with Crippen LogP contribution in [0.3, 0.4) is 0 Å². The number of aryl methyl sites for hydroxylation is 2. The van der Waals surface area contributed by atoms with Crippen LogP contribution in [-0.4, -0.2) is 46.7 Å². The van der Waals surface area contributed by atoms with E-state index in [0.717, 1.165) is 24.5 Å². The fourth-order valence-corrected chi connectivity index (χ4v) is 3.94. The minimum absolute atomic E-state index is 0.109. The zero-order chi connectivity index (χ0) is 19.8. The third-order valence-electron chi connectivity index (χ3n) is 5.32. The van der Waals surface area contributed by atoms with Gasteiger partial charge in [0.1, 0.15) is 5.82 Å². The van der Waals surface area contributed by atoms with E-state index in [1.54, 1.807) is 33.9 Å². The van der Waals surface area contributed by atoms with Crippen LogP contribution in [0.1, 0.15) is 40.7 Å². The van der Waals surface area contributed by atoms with Gasteiger partial charge in [-0.15, -0.1) is 10.2 Å². The average Bonchev–Trinajstić information content (AvgIpc) is 3.36. The Bertz CT molecular complexity index is 1130. The number of carbonyl (C=O) groups is 1. The van der Waals surface area contributed by atoms with Crippen molar-refractivity contribution in [1.29, 1.82) is 0 Å². The lowest BCUT2D eigenvalue weighted by molar-refractivity contribution is 0.0673. The van der Waals surface area contributed by atoms with Gasteiger partial charge in [-0.1, -0.05) is 30.3 Å². The molecule has 8 heteroatoms. The molecule has 4 aromatic rings. The minimum Gasteiger partial charge on any atom is -0.328 e. The smallest absolute Gasteiger partial charge is 0.274 e. The van der Waals surface area contributed by atoms with Gasteiger partial charge in [-0.05, 0) is 25.0 Å². The topological polar surface area (TPSA) is 81.2 Å². The van der Waals surface area contributed by atoms with Crippen molar-refractivity contribution >= 4 is 11.6 Å². The van der Waals surface area contributed by atoms with Gasteiger partial charge in [0.05, 0.1) is 12.6 Å². The summed E-state index contributed by atoms with van der Waals surface area (Å²) in [7, 11) is 0. The molecule has 0 saturated carbocycles. The lowest BCUT2D eigenvalue weighted by atomic mass is 10.1. The van der Waals surface area contributed by atoms with E-state index >= 15 is 0 Å². The maximum absolute atomic E-state index is 13.0. The molecule has 0 aliphatic carbocycles. The highest BCUT2D eigenvalue weighted by molar-refractivity contribution is 5.93. The van der Waals surface area contributed by atoms with Crippen LogP contribution in [0.5, 0.6) is 0 Å². The Morgan fingerprint density at radius 1 is 1.14 bits per heavy atom. The Balaban J connectivity index is 1.34. The number of fused-ring (bicyclic) bond motifs is 2. The number of nitrogens with zero attached hydrogens (tertiary/aromatic N) is 7. The number of benzene rings is 1. The summed E-state index contributed by atoms with van der Waals surface area (Å²) >= 11 is 0. The van der Waals surface area contributed by atoms with E-state index in [2.05, 4.69) is 56.0 Å². The molecule has 1 aromatic carbocycles. The summed E-state index contributed by atoms with van der Waals surface area (Å²) < 4.78 is 3.79. The van der Waals surface area contributed by atoms with Crippen LogP contribution in [0, 0.1) is 0 Å². The Morgan fingerprint density at radius 3 is 2.83 bits per heavy atom. The van der Waals surface area contributed by atoms with Crippen LogP contribution in [0.4, 0.5) is 0 Å². The molecule has 0 unspecified atom stereocenters. The molecule has 0 fully saturated rings. The second-order valence-corrected chi connectivity index (χ2v) is 7.37. The van der Waals surface area contributed by atoms with Crippen molar-refractivity contribution in [3.63, 3.8) is 0 Å². The van der Waals surface area contributed by atoms with Gasteiger partial charge in [-0.3, -0.25) is 4.79 Å². The first-order valence-corrected chi connectivity index (χ1v) is 9.75. The van der Waals surface area contributed by atoms with Crippen molar-refractivity contribution in [2.24, 2.45) is 0 Å². The van der Waals surface area contributed by atoms with Gasteiger partial charge < -0.3 is 9.47 Å². The monoisotopic (exact) mass is 387 g/mol. The Kier molecular flexibility index (Phi) is 4.31. The second-order valence-electron chi connectivity index (χ2n) is 7.37. The van der Waals surface area contributed by atoms with Crippen molar-refractivity contribution in [2.75, 3.05) is 6.54 Å². The largest absolute Gasteiger partial charge is 0.328 e. The van der Waals surface area contributed by atoms with E-state index < -0.39 is 0 Å². The van der Waals surface area contributed by atoms with Crippen molar-refractivity contribution < 1.29 is 4.79 Å². The molecule has 146 valence electrons. The molecule has 0 saturated heterocycles. The van der Waals surface area contributed by atoms with Crippen molar-refractivity contribution in [3.05, 3.63) is 77.8 Å². The zero-order valence-electron chi connectivity index (χ0n) is 16.1. The highest BCUT2D eigenvalue weighted by Gasteiger charge is 2.30. The first kappa shape index (κ1) is 17.5. The van der Waals surface area contributed by atoms with Crippen molar-refractivity contribution in [1.82, 2.24) is 34.3 Å². The van der Waals surface area contributed by atoms with Crippen LogP contribution in [0.2, 0.25) is 0 Å². The van der Waals surface area contributed by atoms with Crippen LogP contribution in [0.25, 0.3) is 5.65 Å². The fraction of sp³-hybridized carbons (Fsp3) is 0.286. The van der Waals surface area contributed by atoms with Crippen molar-refractivity contribution in [2.45, 2.75) is 32.4 Å². The van der Waals surface area contributed by atoms with Crippen LogP contribution in [0.15, 0.2) is 54.9 Å². The lowest BCUT2D eigenvalue weighted by Crippen LogP contribution is -2.41. The number of hydrogen-bond donors (Lipinski definition) is 0. The highest BCUT2D eigenvalue weighted by atomic mass is 16.2.